The van der Waals surface area contributed by atoms with Crippen LogP contribution in [0.2, 0.25) is 5.22 Å². The van der Waals surface area contributed by atoms with E-state index in [0.29, 0.717) is 30.8 Å². The van der Waals surface area contributed by atoms with Crippen molar-refractivity contribution in [3.8, 4) is 0 Å². The van der Waals surface area contributed by atoms with E-state index in [0.717, 1.165) is 17.7 Å². The molecule has 1 fully saturated rings. The van der Waals surface area contributed by atoms with E-state index in [9.17, 15) is 9.90 Å². The molecule has 0 spiro atoms. The van der Waals surface area contributed by atoms with Gasteiger partial charge in [0.05, 0.1) is 11.3 Å². The van der Waals surface area contributed by atoms with E-state index in [1.165, 1.54) is 0 Å². The lowest BCUT2D eigenvalue weighted by molar-refractivity contribution is -0.122. The fraction of sp³-hybridized carbons (Fsp3) is 0.667. The number of aromatic nitrogens is 1. The summed E-state index contributed by atoms with van der Waals surface area (Å²) in [5.41, 5.74) is 0.737. The average molecular weight is 305 g/mol. The van der Waals surface area contributed by atoms with Crippen molar-refractivity contribution >= 4 is 29.3 Å². The number of carbonyl (C=O) groups is 1. The van der Waals surface area contributed by atoms with Gasteiger partial charge in [-0.15, -0.1) is 0 Å². The molecule has 0 aliphatic carbocycles. The Labute approximate surface area is 121 Å². The van der Waals surface area contributed by atoms with Crippen molar-refractivity contribution in [3.63, 3.8) is 0 Å². The zero-order valence-electron chi connectivity index (χ0n) is 10.7. The molecule has 0 bridgehead atoms. The van der Waals surface area contributed by atoms with Crippen molar-refractivity contribution in [3.05, 3.63) is 16.5 Å². The number of halogens is 1. The summed E-state index contributed by atoms with van der Waals surface area (Å²) in [7, 11) is 0. The standard InChI is InChI=1S/C12H17ClN2O3S/c1-8-9(11(13)18-15-8)2-3-10(16)14-6-12(17)4-5-19-7-12/h17H,2-7H2,1H3,(H,14,16). The fourth-order valence-electron chi connectivity index (χ4n) is 1.97. The van der Waals surface area contributed by atoms with E-state index in [2.05, 4.69) is 10.5 Å². The minimum Gasteiger partial charge on any atom is -0.387 e. The van der Waals surface area contributed by atoms with Crippen LogP contribution in [0.4, 0.5) is 0 Å². The molecule has 1 aromatic heterocycles. The Morgan fingerprint density at radius 1 is 1.68 bits per heavy atom. The summed E-state index contributed by atoms with van der Waals surface area (Å²) in [5.74, 6) is 1.54. The van der Waals surface area contributed by atoms with Gasteiger partial charge in [-0.3, -0.25) is 4.79 Å². The van der Waals surface area contributed by atoms with Gasteiger partial charge in [-0.05, 0) is 37.1 Å². The third-order valence-corrected chi connectivity index (χ3v) is 4.77. The number of thioether (sulfide) groups is 1. The topological polar surface area (TPSA) is 75.4 Å². The van der Waals surface area contributed by atoms with Crippen molar-refractivity contribution < 1.29 is 14.4 Å². The molecule has 2 heterocycles. The molecule has 0 aromatic carbocycles. The zero-order chi connectivity index (χ0) is 13.9. The second-order valence-electron chi connectivity index (χ2n) is 4.82. The Kier molecular flexibility index (Phi) is 4.76. The van der Waals surface area contributed by atoms with Crippen molar-refractivity contribution in [2.75, 3.05) is 18.1 Å². The predicted molar refractivity (Wildman–Crippen MR) is 74.5 cm³/mol. The summed E-state index contributed by atoms with van der Waals surface area (Å²) >= 11 is 7.54. The van der Waals surface area contributed by atoms with E-state index in [1.54, 1.807) is 18.7 Å². The maximum Gasteiger partial charge on any atom is 0.229 e. The molecule has 1 aromatic rings. The van der Waals surface area contributed by atoms with Gasteiger partial charge in [-0.25, -0.2) is 0 Å². The van der Waals surface area contributed by atoms with Gasteiger partial charge < -0.3 is 14.9 Å². The van der Waals surface area contributed by atoms with Crippen LogP contribution >= 0.6 is 23.4 Å². The van der Waals surface area contributed by atoms with Gasteiger partial charge in [0, 0.05) is 24.3 Å². The molecule has 0 saturated carbocycles. The molecule has 19 heavy (non-hydrogen) atoms. The van der Waals surface area contributed by atoms with Crippen LogP contribution in [0.5, 0.6) is 0 Å². The second-order valence-corrected chi connectivity index (χ2v) is 6.27. The van der Waals surface area contributed by atoms with E-state index < -0.39 is 5.60 Å². The Morgan fingerprint density at radius 3 is 3.05 bits per heavy atom. The number of rotatable bonds is 5. The lowest BCUT2D eigenvalue weighted by Crippen LogP contribution is -2.43. The number of hydrogen-bond donors (Lipinski definition) is 2. The first kappa shape index (κ1) is 14.7. The number of amides is 1. The minimum absolute atomic E-state index is 0.0954. The van der Waals surface area contributed by atoms with E-state index in [4.69, 9.17) is 16.1 Å². The van der Waals surface area contributed by atoms with E-state index in [-0.39, 0.29) is 11.1 Å². The van der Waals surface area contributed by atoms with Gasteiger partial charge in [-0.1, -0.05) is 5.16 Å². The number of nitrogens with one attached hydrogen (secondary N) is 1. The number of aryl methyl sites for hydroxylation is 1. The largest absolute Gasteiger partial charge is 0.387 e. The van der Waals surface area contributed by atoms with Gasteiger partial charge in [0.25, 0.3) is 0 Å². The summed E-state index contributed by atoms with van der Waals surface area (Å²) in [4.78, 5) is 11.7. The Morgan fingerprint density at radius 2 is 2.47 bits per heavy atom. The van der Waals surface area contributed by atoms with Crippen LogP contribution in [0.1, 0.15) is 24.1 Å². The number of carbonyl (C=O) groups excluding carboxylic acids is 1. The fourth-order valence-corrected chi connectivity index (χ4v) is 3.53. The third-order valence-electron chi connectivity index (χ3n) is 3.24. The smallest absolute Gasteiger partial charge is 0.229 e. The van der Waals surface area contributed by atoms with Crippen LogP contribution in [-0.2, 0) is 11.2 Å². The molecule has 1 atom stereocenters. The van der Waals surface area contributed by atoms with Crippen molar-refractivity contribution in [1.29, 1.82) is 0 Å². The molecule has 1 aliphatic heterocycles. The van der Waals surface area contributed by atoms with Crippen molar-refractivity contribution in [1.82, 2.24) is 10.5 Å². The Hall–Kier alpha value is -0.720. The molecular weight excluding hydrogens is 288 g/mol. The first-order valence-corrected chi connectivity index (χ1v) is 7.71. The van der Waals surface area contributed by atoms with Crippen LogP contribution in [0.25, 0.3) is 0 Å². The molecule has 1 unspecified atom stereocenters. The molecule has 1 amide bonds. The molecule has 0 radical (unpaired) electrons. The summed E-state index contributed by atoms with van der Waals surface area (Å²) in [6, 6.07) is 0. The van der Waals surface area contributed by atoms with Crippen LogP contribution < -0.4 is 5.32 Å². The highest BCUT2D eigenvalue weighted by Gasteiger charge is 2.31. The van der Waals surface area contributed by atoms with E-state index in [1.807, 2.05) is 0 Å². The summed E-state index contributed by atoms with van der Waals surface area (Å²) in [6.07, 6.45) is 1.53. The quantitative estimate of drug-likeness (QED) is 0.863. The van der Waals surface area contributed by atoms with Gasteiger partial charge in [-0.2, -0.15) is 11.8 Å². The summed E-state index contributed by atoms with van der Waals surface area (Å²) in [6.45, 7) is 2.11. The molecule has 2 rings (SSSR count). The molecule has 106 valence electrons. The number of nitrogens with zero attached hydrogens (tertiary/aromatic N) is 1. The highest BCUT2D eigenvalue weighted by molar-refractivity contribution is 7.99. The van der Waals surface area contributed by atoms with Gasteiger partial charge in [0.15, 0.2) is 0 Å². The zero-order valence-corrected chi connectivity index (χ0v) is 12.3. The lowest BCUT2D eigenvalue weighted by atomic mass is 10.0. The second kappa shape index (κ2) is 6.15. The molecule has 1 aliphatic rings. The average Bonchev–Trinajstić information content (AvgIpc) is 2.93. The SMILES string of the molecule is Cc1noc(Cl)c1CCC(=O)NCC1(O)CCSC1. The normalized spacial score (nSPS) is 22.7. The number of aliphatic hydroxyl groups is 1. The summed E-state index contributed by atoms with van der Waals surface area (Å²) in [5, 5.41) is 16.8. The Balaban J connectivity index is 1.76. The van der Waals surface area contributed by atoms with E-state index >= 15 is 0 Å². The first-order chi connectivity index (χ1) is 9.00. The summed E-state index contributed by atoms with van der Waals surface area (Å²) < 4.78 is 4.83. The number of hydrogen-bond acceptors (Lipinski definition) is 5. The van der Waals surface area contributed by atoms with Gasteiger partial charge in [0.1, 0.15) is 0 Å². The van der Waals surface area contributed by atoms with Crippen LogP contribution in [0.3, 0.4) is 0 Å². The maximum atomic E-state index is 11.7. The molecular formula is C12H17ClN2O3S. The van der Waals surface area contributed by atoms with Crippen LogP contribution in [0, 0.1) is 6.92 Å². The monoisotopic (exact) mass is 304 g/mol. The van der Waals surface area contributed by atoms with Gasteiger partial charge in [0.2, 0.25) is 11.1 Å². The van der Waals surface area contributed by atoms with Crippen molar-refractivity contribution in [2.45, 2.75) is 31.8 Å². The first-order valence-electron chi connectivity index (χ1n) is 6.18. The van der Waals surface area contributed by atoms with Gasteiger partial charge >= 0.3 is 0 Å². The lowest BCUT2D eigenvalue weighted by Gasteiger charge is -2.21. The van der Waals surface area contributed by atoms with Crippen molar-refractivity contribution in [2.24, 2.45) is 0 Å². The molecule has 5 nitrogen and oxygen atoms in total. The van der Waals surface area contributed by atoms with Crippen LogP contribution in [0.15, 0.2) is 4.52 Å². The third kappa shape index (κ3) is 3.87. The maximum absolute atomic E-state index is 11.7. The highest BCUT2D eigenvalue weighted by Crippen LogP contribution is 2.27. The highest BCUT2D eigenvalue weighted by atomic mass is 35.5. The minimum atomic E-state index is -0.745. The predicted octanol–water partition coefficient (Wildman–Crippen LogP) is 1.55. The molecule has 2 N–H and O–H groups in total. The molecule has 1 saturated heterocycles. The Bertz CT molecular complexity index is 438. The van der Waals surface area contributed by atoms with Crippen LogP contribution in [-0.4, -0.2) is 39.8 Å². The molecule has 7 heteroatoms.